The topological polar surface area (TPSA) is 54.0 Å². The smallest absolute Gasteiger partial charge is 0.232 e. The predicted octanol–water partition coefficient (Wildman–Crippen LogP) is 8.20. The van der Waals surface area contributed by atoms with E-state index in [0.29, 0.717) is 28.5 Å². The molecule has 2 atom stereocenters. The molecular formula is C37H48ClN3O3. The predicted molar refractivity (Wildman–Crippen MR) is 182 cm³/mol. The Hall–Kier alpha value is -3.22. The molecule has 1 heterocycles. The van der Waals surface area contributed by atoms with E-state index in [1.54, 1.807) is 7.11 Å². The van der Waals surface area contributed by atoms with E-state index in [4.69, 9.17) is 21.1 Å². The van der Waals surface area contributed by atoms with Crippen LogP contribution in [0.25, 0.3) is 0 Å². The Morgan fingerprint density at radius 3 is 2.34 bits per heavy atom. The molecular weight excluding hydrogens is 570 g/mol. The quantitative estimate of drug-likeness (QED) is 0.222. The lowest BCUT2D eigenvalue weighted by molar-refractivity contribution is -0.118. The van der Waals surface area contributed by atoms with E-state index in [2.05, 4.69) is 68.4 Å². The highest BCUT2D eigenvalue weighted by molar-refractivity contribution is 6.30. The first-order chi connectivity index (χ1) is 21.3. The molecule has 1 aliphatic carbocycles. The molecule has 1 fully saturated rings. The Morgan fingerprint density at radius 2 is 1.70 bits per heavy atom. The SMILES string of the molecule is CCCN[C@H]1CC[C@H](CN(C)c2ccc(N3C(=O)Cc4cc(OC)c(O[C@H](C)CC)cc4C3c3ccc(Cl)cc3)cc2)CC1. The van der Waals surface area contributed by atoms with Gasteiger partial charge in [-0.2, -0.15) is 0 Å². The lowest BCUT2D eigenvalue weighted by Gasteiger charge is -2.38. The van der Waals surface area contributed by atoms with Crippen molar-refractivity contribution in [2.75, 3.05) is 37.0 Å². The van der Waals surface area contributed by atoms with Crippen molar-refractivity contribution >= 4 is 28.9 Å². The van der Waals surface area contributed by atoms with Crippen molar-refractivity contribution in [3.63, 3.8) is 0 Å². The maximum absolute atomic E-state index is 13.9. The summed E-state index contributed by atoms with van der Waals surface area (Å²) < 4.78 is 12.0. The Balaban J connectivity index is 1.41. The number of rotatable bonds is 12. The van der Waals surface area contributed by atoms with Crippen molar-refractivity contribution in [3.05, 3.63) is 82.4 Å². The van der Waals surface area contributed by atoms with E-state index in [-0.39, 0.29) is 24.5 Å². The first-order valence-electron chi connectivity index (χ1n) is 16.3. The lowest BCUT2D eigenvalue weighted by Crippen LogP contribution is -2.41. The summed E-state index contributed by atoms with van der Waals surface area (Å²) in [7, 11) is 3.83. The molecule has 2 aliphatic rings. The average Bonchev–Trinajstić information content (AvgIpc) is 3.04. The Kier molecular flexibility index (Phi) is 10.8. The number of benzene rings is 3. The van der Waals surface area contributed by atoms with Crippen molar-refractivity contribution in [1.82, 2.24) is 5.32 Å². The monoisotopic (exact) mass is 617 g/mol. The molecule has 1 aliphatic heterocycles. The van der Waals surface area contributed by atoms with Crippen LogP contribution in [-0.2, 0) is 11.2 Å². The van der Waals surface area contributed by atoms with Crippen LogP contribution in [0.3, 0.4) is 0 Å². The first-order valence-corrected chi connectivity index (χ1v) is 16.7. The van der Waals surface area contributed by atoms with E-state index >= 15 is 0 Å². The molecule has 1 saturated carbocycles. The fourth-order valence-corrected chi connectivity index (χ4v) is 6.76. The van der Waals surface area contributed by atoms with Crippen LogP contribution >= 0.6 is 11.6 Å². The van der Waals surface area contributed by atoms with Gasteiger partial charge in [-0.25, -0.2) is 0 Å². The zero-order valence-corrected chi connectivity index (χ0v) is 27.7. The number of amides is 1. The number of halogens is 1. The fourth-order valence-electron chi connectivity index (χ4n) is 6.63. The van der Waals surface area contributed by atoms with Crippen LogP contribution in [0.15, 0.2) is 60.7 Å². The van der Waals surface area contributed by atoms with E-state index in [9.17, 15) is 4.79 Å². The summed E-state index contributed by atoms with van der Waals surface area (Å²) in [6.45, 7) is 8.55. The summed E-state index contributed by atoms with van der Waals surface area (Å²) in [4.78, 5) is 18.2. The molecule has 0 aromatic heterocycles. The van der Waals surface area contributed by atoms with Crippen LogP contribution in [0, 0.1) is 5.92 Å². The maximum Gasteiger partial charge on any atom is 0.232 e. The highest BCUT2D eigenvalue weighted by atomic mass is 35.5. The van der Waals surface area contributed by atoms with Crippen molar-refractivity contribution in [2.24, 2.45) is 5.92 Å². The molecule has 1 N–H and O–H groups in total. The van der Waals surface area contributed by atoms with E-state index < -0.39 is 0 Å². The minimum atomic E-state index is -0.325. The van der Waals surface area contributed by atoms with Gasteiger partial charge in [-0.05, 0) is 123 Å². The van der Waals surface area contributed by atoms with Crippen molar-refractivity contribution in [3.8, 4) is 11.5 Å². The third kappa shape index (κ3) is 7.35. The molecule has 3 aromatic carbocycles. The number of nitrogens with one attached hydrogen (secondary N) is 1. The second-order valence-electron chi connectivity index (χ2n) is 12.5. The summed E-state index contributed by atoms with van der Waals surface area (Å²) in [6, 6.07) is 20.7. The summed E-state index contributed by atoms with van der Waals surface area (Å²) in [5, 5.41) is 4.36. The maximum atomic E-state index is 13.9. The van der Waals surface area contributed by atoms with Crippen LogP contribution in [0.4, 0.5) is 11.4 Å². The van der Waals surface area contributed by atoms with Crippen molar-refractivity contribution < 1.29 is 14.3 Å². The van der Waals surface area contributed by atoms with Gasteiger partial charge in [-0.1, -0.05) is 37.6 Å². The number of methoxy groups -OCH3 is 1. The number of anilines is 2. The van der Waals surface area contributed by atoms with Gasteiger partial charge >= 0.3 is 0 Å². The summed E-state index contributed by atoms with van der Waals surface area (Å²) in [5.74, 6) is 2.10. The van der Waals surface area contributed by atoms with Gasteiger partial charge < -0.3 is 24.6 Å². The van der Waals surface area contributed by atoms with Crippen molar-refractivity contribution in [1.29, 1.82) is 0 Å². The van der Waals surface area contributed by atoms with E-state index in [1.165, 1.54) is 37.8 Å². The fraction of sp³-hybridized carbons (Fsp3) is 0.486. The van der Waals surface area contributed by atoms with Gasteiger partial charge in [0, 0.05) is 36.0 Å². The summed E-state index contributed by atoms with van der Waals surface area (Å²) in [6.07, 6.45) is 7.45. The molecule has 0 bridgehead atoms. The lowest BCUT2D eigenvalue weighted by atomic mass is 9.85. The van der Waals surface area contributed by atoms with Crippen LogP contribution < -0.4 is 24.6 Å². The number of nitrogens with zero attached hydrogens (tertiary/aromatic N) is 2. The molecule has 7 heteroatoms. The molecule has 1 amide bonds. The first kappa shape index (κ1) is 32.2. The van der Waals surface area contributed by atoms with Gasteiger partial charge in [0.1, 0.15) is 0 Å². The molecule has 44 heavy (non-hydrogen) atoms. The number of ether oxygens (including phenoxy) is 2. The van der Waals surface area contributed by atoms with E-state index in [1.807, 2.05) is 35.2 Å². The normalized spacial score (nSPS) is 20.6. The molecule has 6 nitrogen and oxygen atoms in total. The number of carbonyl (C=O) groups excluding carboxylic acids is 1. The number of fused-ring (bicyclic) bond motifs is 1. The van der Waals surface area contributed by atoms with Crippen LogP contribution in [0.5, 0.6) is 11.5 Å². The highest BCUT2D eigenvalue weighted by Gasteiger charge is 2.36. The Morgan fingerprint density at radius 1 is 1.00 bits per heavy atom. The molecule has 1 unspecified atom stereocenters. The van der Waals surface area contributed by atoms with Crippen LogP contribution in [0.1, 0.15) is 82.0 Å². The Labute approximate surface area is 268 Å². The van der Waals surface area contributed by atoms with Gasteiger partial charge in [-0.3, -0.25) is 4.79 Å². The molecule has 3 aromatic rings. The highest BCUT2D eigenvalue weighted by Crippen LogP contribution is 2.44. The minimum absolute atomic E-state index is 0.0366. The minimum Gasteiger partial charge on any atom is -0.493 e. The number of carbonyl (C=O) groups is 1. The summed E-state index contributed by atoms with van der Waals surface area (Å²) >= 11 is 6.29. The van der Waals surface area contributed by atoms with E-state index in [0.717, 1.165) is 41.9 Å². The average molecular weight is 618 g/mol. The largest absolute Gasteiger partial charge is 0.493 e. The third-order valence-corrected chi connectivity index (χ3v) is 9.56. The summed E-state index contributed by atoms with van der Waals surface area (Å²) in [5.41, 5.74) is 5.03. The number of hydrogen-bond acceptors (Lipinski definition) is 5. The van der Waals surface area contributed by atoms with Gasteiger partial charge in [-0.15, -0.1) is 0 Å². The third-order valence-electron chi connectivity index (χ3n) is 9.31. The molecule has 5 rings (SSSR count). The van der Waals surface area contributed by atoms with Gasteiger partial charge in [0.2, 0.25) is 5.91 Å². The molecule has 0 radical (unpaired) electrons. The second-order valence-corrected chi connectivity index (χ2v) is 12.9. The van der Waals surface area contributed by atoms with Gasteiger partial charge in [0.05, 0.1) is 25.7 Å². The van der Waals surface area contributed by atoms with Crippen LogP contribution in [-0.4, -0.2) is 45.3 Å². The zero-order chi connectivity index (χ0) is 31.2. The van der Waals surface area contributed by atoms with Crippen LogP contribution in [0.2, 0.25) is 5.02 Å². The van der Waals surface area contributed by atoms with Gasteiger partial charge in [0.15, 0.2) is 11.5 Å². The molecule has 0 spiro atoms. The molecule has 0 saturated heterocycles. The zero-order valence-electron chi connectivity index (χ0n) is 26.9. The Bertz CT molecular complexity index is 1390. The standard InChI is InChI=1S/C37H48ClN3O3/c1-6-20-39-30-14-8-26(9-15-30)24-40(4)31-16-18-32(19-17-31)41-36(42)22-28-21-34(43-5)35(44-25(3)7-2)23-33(28)37(41)27-10-12-29(38)13-11-27/h10-13,16-19,21,23,25-26,30,37,39H,6-9,14-15,20,22,24H2,1-5H3/t25-,26-,30-,37?/m1/s1. The number of hydrogen-bond donors (Lipinski definition) is 1. The molecule has 236 valence electrons. The van der Waals surface area contributed by atoms with Crippen molar-refractivity contribution in [2.45, 2.75) is 83.9 Å². The second kappa shape index (κ2) is 14.7. The van der Waals surface area contributed by atoms with Gasteiger partial charge in [0.25, 0.3) is 0 Å².